The van der Waals surface area contributed by atoms with Crippen molar-refractivity contribution in [1.29, 1.82) is 0 Å². The Balaban J connectivity index is 0.000000813. The molecule has 0 aliphatic rings. The summed E-state index contributed by atoms with van der Waals surface area (Å²) in [5.74, 6) is -0.573. The van der Waals surface area contributed by atoms with E-state index in [-0.39, 0.29) is 41.4 Å². The van der Waals surface area contributed by atoms with Gasteiger partial charge in [-0.2, -0.15) is 0 Å². The summed E-state index contributed by atoms with van der Waals surface area (Å²) < 4.78 is 0. The smallest absolute Gasteiger partial charge is 0.251 e. The molecule has 3 N–H and O–H groups in total. The van der Waals surface area contributed by atoms with Crippen molar-refractivity contribution in [1.82, 2.24) is 10.6 Å². The predicted molar refractivity (Wildman–Crippen MR) is 136 cm³/mol. The molecule has 0 bridgehead atoms. The third kappa shape index (κ3) is 10.3. The molecule has 0 spiro atoms. The highest BCUT2D eigenvalue weighted by molar-refractivity contribution is 6.02. The fourth-order valence-corrected chi connectivity index (χ4v) is 2.94. The van der Waals surface area contributed by atoms with Crippen LogP contribution in [-0.4, -0.2) is 42.3 Å². The normalized spacial score (nSPS) is 10.3. The van der Waals surface area contributed by atoms with Crippen molar-refractivity contribution in [2.75, 3.05) is 7.05 Å². The summed E-state index contributed by atoms with van der Waals surface area (Å²) in [6, 6.07) is 9.58. The van der Waals surface area contributed by atoms with Crippen molar-refractivity contribution in [3.63, 3.8) is 0 Å². The number of rotatable bonds is 9. The molecule has 8 heteroatoms. The lowest BCUT2D eigenvalue weighted by Crippen LogP contribution is -2.25. The molecule has 2 aromatic carbocycles. The van der Waals surface area contributed by atoms with E-state index in [0.717, 1.165) is 6.29 Å². The van der Waals surface area contributed by atoms with Crippen LogP contribution >= 0.6 is 0 Å². The molecule has 1 unspecified atom stereocenters. The first kappa shape index (κ1) is 31.2. The van der Waals surface area contributed by atoms with E-state index in [1.54, 1.807) is 44.3 Å². The third-order valence-electron chi connectivity index (χ3n) is 5.02. The topological polar surface area (TPSA) is 130 Å². The second kappa shape index (κ2) is 16.7. The van der Waals surface area contributed by atoms with E-state index in [9.17, 15) is 29.1 Å². The highest BCUT2D eigenvalue weighted by Gasteiger charge is 2.13. The minimum atomic E-state index is -0.370. The minimum absolute atomic E-state index is 0.00171. The lowest BCUT2D eigenvalue weighted by Gasteiger charge is -2.10. The SMILES string of the molecule is CC.CC(=O)c1cccc(CNC(=O)c2ccc(C)c(O)c2)c1C=O.CNC(=O)C(C)CCC=O. The van der Waals surface area contributed by atoms with Gasteiger partial charge in [-0.05, 0) is 43.5 Å². The van der Waals surface area contributed by atoms with Gasteiger partial charge >= 0.3 is 0 Å². The maximum Gasteiger partial charge on any atom is 0.251 e. The van der Waals surface area contributed by atoms with E-state index in [2.05, 4.69) is 10.6 Å². The summed E-state index contributed by atoms with van der Waals surface area (Å²) in [6.45, 7) is 9.05. The molecule has 0 saturated heterocycles. The number of Topliss-reactive ketones (excluding diaryl/α,β-unsaturated/α-hetero) is 1. The molecule has 0 radical (unpaired) electrons. The second-order valence-electron chi connectivity index (χ2n) is 7.50. The molecule has 190 valence electrons. The number of hydrogen-bond acceptors (Lipinski definition) is 6. The molecule has 1 atom stereocenters. The molecule has 0 fully saturated rings. The number of phenolic OH excluding ortho intramolecular Hbond substituents is 1. The fourth-order valence-electron chi connectivity index (χ4n) is 2.94. The van der Waals surface area contributed by atoms with E-state index in [4.69, 9.17) is 0 Å². The maximum atomic E-state index is 12.1. The van der Waals surface area contributed by atoms with E-state index < -0.39 is 0 Å². The van der Waals surface area contributed by atoms with Crippen LogP contribution in [-0.2, 0) is 16.1 Å². The molecule has 0 aromatic heterocycles. The van der Waals surface area contributed by atoms with Crippen molar-refractivity contribution < 1.29 is 29.1 Å². The number of carbonyl (C=O) groups excluding carboxylic acids is 5. The molecule has 0 aliphatic carbocycles. The quantitative estimate of drug-likeness (QED) is 0.364. The van der Waals surface area contributed by atoms with Crippen LogP contribution in [0.1, 0.15) is 82.7 Å². The number of ketones is 1. The van der Waals surface area contributed by atoms with Crippen LogP contribution in [0.3, 0.4) is 0 Å². The Morgan fingerprint density at radius 1 is 1.09 bits per heavy atom. The highest BCUT2D eigenvalue weighted by atomic mass is 16.3. The first-order valence-electron chi connectivity index (χ1n) is 11.5. The standard InChI is InChI=1S/C18H17NO4.C7H13NO2.C2H6/c1-11-6-7-13(8-17(11)22)18(23)19-9-14-4-3-5-15(12(2)21)16(14)10-20;1-6(4-3-5-9)7(10)8-2;1-2/h3-8,10,22H,9H2,1-2H3,(H,19,23);5-6H,3-4H2,1-2H3,(H,8,10);1-2H3. The van der Waals surface area contributed by atoms with Crippen molar-refractivity contribution in [3.8, 4) is 5.75 Å². The lowest BCUT2D eigenvalue weighted by atomic mass is 9.99. The number of amides is 2. The number of benzene rings is 2. The molecular weight excluding hydrogens is 448 g/mol. The van der Waals surface area contributed by atoms with Crippen molar-refractivity contribution in [2.45, 2.75) is 54.0 Å². The Morgan fingerprint density at radius 2 is 1.74 bits per heavy atom. The molecule has 2 aromatic rings. The number of aromatic hydroxyl groups is 1. The second-order valence-corrected chi connectivity index (χ2v) is 7.50. The summed E-state index contributed by atoms with van der Waals surface area (Å²) in [4.78, 5) is 55.6. The van der Waals surface area contributed by atoms with Gasteiger partial charge < -0.3 is 20.5 Å². The highest BCUT2D eigenvalue weighted by Crippen LogP contribution is 2.18. The monoisotopic (exact) mass is 484 g/mol. The first-order valence-corrected chi connectivity index (χ1v) is 11.5. The van der Waals surface area contributed by atoms with Gasteiger partial charge in [-0.15, -0.1) is 0 Å². The first-order chi connectivity index (χ1) is 16.7. The Morgan fingerprint density at radius 3 is 2.26 bits per heavy atom. The van der Waals surface area contributed by atoms with Gasteiger partial charge in [0.25, 0.3) is 5.91 Å². The van der Waals surface area contributed by atoms with Gasteiger partial charge in [-0.25, -0.2) is 0 Å². The Labute approximate surface area is 207 Å². The average molecular weight is 485 g/mol. The molecule has 0 heterocycles. The number of phenols is 1. The Bertz CT molecular complexity index is 1020. The molecule has 35 heavy (non-hydrogen) atoms. The number of carbonyl (C=O) groups is 5. The van der Waals surface area contributed by atoms with Gasteiger partial charge in [0.05, 0.1) is 0 Å². The van der Waals surface area contributed by atoms with Gasteiger partial charge in [0.1, 0.15) is 12.0 Å². The van der Waals surface area contributed by atoms with Crippen LogP contribution in [0.15, 0.2) is 36.4 Å². The van der Waals surface area contributed by atoms with Crippen molar-refractivity contribution >= 4 is 30.2 Å². The zero-order valence-electron chi connectivity index (χ0n) is 21.3. The van der Waals surface area contributed by atoms with Crippen LogP contribution in [0, 0.1) is 12.8 Å². The average Bonchev–Trinajstić information content (AvgIpc) is 2.87. The van der Waals surface area contributed by atoms with Gasteiger partial charge in [-0.3, -0.25) is 19.2 Å². The van der Waals surface area contributed by atoms with Crippen LogP contribution in [0.5, 0.6) is 5.75 Å². The summed E-state index contributed by atoms with van der Waals surface area (Å²) in [5, 5.41) is 14.9. The van der Waals surface area contributed by atoms with Crippen LogP contribution in [0.4, 0.5) is 0 Å². The van der Waals surface area contributed by atoms with E-state index in [1.807, 2.05) is 20.8 Å². The van der Waals surface area contributed by atoms with Gasteiger partial charge in [-0.1, -0.05) is 45.0 Å². The molecule has 2 rings (SSSR count). The number of aryl methyl sites for hydroxylation is 1. The third-order valence-corrected chi connectivity index (χ3v) is 5.02. The Hall–Kier alpha value is -3.81. The van der Waals surface area contributed by atoms with E-state index in [1.165, 1.54) is 13.0 Å². The van der Waals surface area contributed by atoms with E-state index in [0.29, 0.717) is 41.4 Å². The minimum Gasteiger partial charge on any atom is -0.508 e. The zero-order chi connectivity index (χ0) is 27.0. The fraction of sp³-hybridized carbons (Fsp3) is 0.370. The van der Waals surface area contributed by atoms with Crippen LogP contribution in [0.2, 0.25) is 0 Å². The molecular formula is C27H36N2O6. The Kier molecular flexibility index (Phi) is 14.9. The molecule has 0 saturated carbocycles. The van der Waals surface area contributed by atoms with E-state index >= 15 is 0 Å². The zero-order valence-corrected chi connectivity index (χ0v) is 21.3. The number of hydrogen-bond donors (Lipinski definition) is 3. The maximum absolute atomic E-state index is 12.1. The molecule has 0 aliphatic heterocycles. The van der Waals surface area contributed by atoms with Crippen LogP contribution in [0.25, 0.3) is 0 Å². The largest absolute Gasteiger partial charge is 0.508 e. The van der Waals surface area contributed by atoms with Gasteiger partial charge in [0.2, 0.25) is 5.91 Å². The number of nitrogens with one attached hydrogen (secondary N) is 2. The predicted octanol–water partition coefficient (Wildman–Crippen LogP) is 4.02. The summed E-state index contributed by atoms with van der Waals surface area (Å²) >= 11 is 0. The van der Waals surface area contributed by atoms with Gasteiger partial charge in [0.15, 0.2) is 12.1 Å². The summed E-state index contributed by atoms with van der Waals surface area (Å²) in [7, 11) is 1.60. The summed E-state index contributed by atoms with van der Waals surface area (Å²) in [6.07, 6.45) is 2.56. The molecule has 2 amide bonds. The number of aldehydes is 2. The molecule has 8 nitrogen and oxygen atoms in total. The van der Waals surface area contributed by atoms with Gasteiger partial charge in [0, 0.05) is 42.6 Å². The summed E-state index contributed by atoms with van der Waals surface area (Å²) in [5.41, 5.74) is 2.19. The van der Waals surface area contributed by atoms with Crippen molar-refractivity contribution in [2.24, 2.45) is 5.92 Å². The van der Waals surface area contributed by atoms with Crippen LogP contribution < -0.4 is 10.6 Å². The van der Waals surface area contributed by atoms with Crippen molar-refractivity contribution in [3.05, 3.63) is 64.2 Å². The lowest BCUT2D eigenvalue weighted by molar-refractivity contribution is -0.124.